The van der Waals surface area contributed by atoms with Gasteiger partial charge in [-0.2, -0.15) is 0 Å². The predicted molar refractivity (Wildman–Crippen MR) is 121 cm³/mol. The molecule has 0 aliphatic heterocycles. The number of carbonyl (C=O) groups is 1. The van der Waals surface area contributed by atoms with Gasteiger partial charge in [0.15, 0.2) is 11.2 Å². The molecule has 6 heteroatoms. The van der Waals surface area contributed by atoms with Gasteiger partial charge in [-0.05, 0) is 63.9 Å². The third-order valence-electron chi connectivity index (χ3n) is 4.78. The summed E-state index contributed by atoms with van der Waals surface area (Å²) in [7, 11) is 4.03. The molecule has 0 radical (unpaired) electrons. The minimum atomic E-state index is -1.45. The maximum Gasteiger partial charge on any atom is 0.160 e. The van der Waals surface area contributed by atoms with E-state index in [9.17, 15) is 9.18 Å². The molecular weight excluding hydrogens is 386 g/mol. The number of carbonyl (C=O) groups excluding carboxylic acids is 1. The number of hydrogen-bond donors (Lipinski definition) is 2. The normalized spacial score (nSPS) is 20.4. The Bertz CT molecular complexity index is 838. The maximum atomic E-state index is 13.6. The second-order valence-corrected chi connectivity index (χ2v) is 8.96. The first-order valence-corrected chi connectivity index (χ1v) is 10.4. The number of rotatable bonds is 8. The molecule has 0 heterocycles. The van der Waals surface area contributed by atoms with Crippen LogP contribution in [0.4, 0.5) is 4.39 Å². The van der Waals surface area contributed by atoms with Crippen molar-refractivity contribution in [1.82, 2.24) is 10.6 Å². The highest BCUT2D eigenvalue weighted by atomic mass is 31.0. The highest BCUT2D eigenvalue weighted by molar-refractivity contribution is 7.18. The Morgan fingerprint density at radius 3 is 2.72 bits per heavy atom. The molecule has 0 amide bonds. The van der Waals surface area contributed by atoms with Crippen molar-refractivity contribution in [2.45, 2.75) is 52.1 Å². The summed E-state index contributed by atoms with van der Waals surface area (Å²) in [5, 5.41) is 5.16. The van der Waals surface area contributed by atoms with E-state index in [1.165, 1.54) is 6.92 Å². The van der Waals surface area contributed by atoms with Gasteiger partial charge in [-0.1, -0.05) is 39.1 Å². The molecule has 0 saturated heterocycles. The zero-order chi connectivity index (χ0) is 21.6. The minimum Gasteiger partial charge on any atom is -0.490 e. The number of ether oxygens (including phenoxy) is 1. The SMILES string of the molecule is CNC1C=CCC(C)=C(C(C)=O)/C1=C/NCc1ccc(OCC(C)(F)P)c(C)c1. The van der Waals surface area contributed by atoms with Crippen LogP contribution in [0.15, 0.2) is 53.3 Å². The van der Waals surface area contributed by atoms with Crippen molar-refractivity contribution in [3.05, 3.63) is 64.4 Å². The summed E-state index contributed by atoms with van der Waals surface area (Å²) in [6.45, 7) is 7.63. The number of Topliss-reactive ketones (excluding diaryl/α,β-unsaturated/α-hetero) is 1. The van der Waals surface area contributed by atoms with Crippen molar-refractivity contribution in [3.8, 4) is 5.75 Å². The van der Waals surface area contributed by atoms with E-state index < -0.39 is 5.41 Å². The quantitative estimate of drug-likeness (QED) is 0.487. The van der Waals surface area contributed by atoms with E-state index in [2.05, 4.69) is 32.0 Å². The summed E-state index contributed by atoms with van der Waals surface area (Å²) in [5.41, 5.74) is 4.85. The topological polar surface area (TPSA) is 50.4 Å². The predicted octanol–water partition coefficient (Wildman–Crippen LogP) is 4.36. The van der Waals surface area contributed by atoms with Crippen LogP contribution in [0.3, 0.4) is 0 Å². The fourth-order valence-electron chi connectivity index (χ4n) is 3.39. The molecule has 158 valence electrons. The number of likely N-dealkylation sites (N-methyl/N-ethyl adjacent to an activating group) is 1. The second kappa shape index (κ2) is 10.2. The molecular formula is C23H32FN2O2P. The van der Waals surface area contributed by atoms with E-state index in [0.717, 1.165) is 34.3 Å². The van der Waals surface area contributed by atoms with Crippen LogP contribution in [0.1, 0.15) is 38.3 Å². The van der Waals surface area contributed by atoms with E-state index in [4.69, 9.17) is 4.74 Å². The number of alkyl halides is 1. The lowest BCUT2D eigenvalue weighted by Crippen LogP contribution is -2.28. The van der Waals surface area contributed by atoms with Crippen LogP contribution in [-0.4, -0.2) is 30.9 Å². The highest BCUT2D eigenvalue weighted by Gasteiger charge is 2.21. The van der Waals surface area contributed by atoms with Gasteiger partial charge in [0.25, 0.3) is 0 Å². The molecule has 4 nitrogen and oxygen atoms in total. The molecule has 3 unspecified atom stereocenters. The Balaban J connectivity index is 2.14. The molecule has 0 spiro atoms. The number of hydrogen-bond acceptors (Lipinski definition) is 4. The van der Waals surface area contributed by atoms with Crippen molar-refractivity contribution in [1.29, 1.82) is 0 Å². The number of allylic oxidation sites excluding steroid dienone is 2. The first-order valence-electron chi connectivity index (χ1n) is 9.81. The molecule has 1 aromatic carbocycles. The number of benzene rings is 1. The molecule has 1 aliphatic carbocycles. The van der Waals surface area contributed by atoms with Gasteiger partial charge in [-0.15, -0.1) is 0 Å². The summed E-state index contributed by atoms with van der Waals surface area (Å²) in [6.07, 6.45) is 6.90. The van der Waals surface area contributed by atoms with Gasteiger partial charge in [-0.25, -0.2) is 4.39 Å². The minimum absolute atomic E-state index is 0.0133. The lowest BCUT2D eigenvalue weighted by atomic mass is 9.93. The molecule has 2 rings (SSSR count). The Morgan fingerprint density at radius 2 is 2.14 bits per heavy atom. The summed E-state index contributed by atoms with van der Waals surface area (Å²) in [6, 6.07) is 5.83. The summed E-state index contributed by atoms with van der Waals surface area (Å²) < 4.78 is 19.2. The molecule has 0 saturated carbocycles. The average molecular weight is 418 g/mol. The third kappa shape index (κ3) is 6.80. The van der Waals surface area contributed by atoms with Gasteiger partial charge < -0.3 is 15.4 Å². The first-order chi connectivity index (χ1) is 13.6. The van der Waals surface area contributed by atoms with Crippen LogP contribution >= 0.6 is 9.24 Å². The van der Waals surface area contributed by atoms with Gasteiger partial charge in [-0.3, -0.25) is 4.79 Å². The van der Waals surface area contributed by atoms with Crippen LogP contribution < -0.4 is 15.4 Å². The van der Waals surface area contributed by atoms with Crippen LogP contribution in [0.2, 0.25) is 0 Å². The van der Waals surface area contributed by atoms with Gasteiger partial charge in [0.2, 0.25) is 0 Å². The zero-order valence-corrected chi connectivity index (χ0v) is 19.1. The second-order valence-electron chi connectivity index (χ2n) is 7.76. The first kappa shape index (κ1) is 23.3. The Labute approximate surface area is 175 Å². The van der Waals surface area contributed by atoms with Crippen molar-refractivity contribution in [3.63, 3.8) is 0 Å². The van der Waals surface area contributed by atoms with Gasteiger partial charge in [0.1, 0.15) is 12.4 Å². The van der Waals surface area contributed by atoms with E-state index >= 15 is 0 Å². The molecule has 0 aromatic heterocycles. The van der Waals surface area contributed by atoms with Crippen molar-refractivity contribution >= 4 is 15.0 Å². The molecule has 3 atom stereocenters. The number of nitrogens with one attached hydrogen (secondary N) is 2. The van der Waals surface area contributed by atoms with E-state index in [1.54, 1.807) is 6.92 Å². The van der Waals surface area contributed by atoms with Crippen LogP contribution in [-0.2, 0) is 11.3 Å². The zero-order valence-electron chi connectivity index (χ0n) is 17.9. The van der Waals surface area contributed by atoms with E-state index in [0.29, 0.717) is 12.3 Å². The number of halogens is 1. The van der Waals surface area contributed by atoms with Crippen LogP contribution in [0.25, 0.3) is 0 Å². The highest BCUT2D eigenvalue weighted by Crippen LogP contribution is 2.26. The fourth-order valence-corrected chi connectivity index (χ4v) is 3.47. The van der Waals surface area contributed by atoms with Gasteiger partial charge >= 0.3 is 0 Å². The molecule has 2 N–H and O–H groups in total. The molecule has 29 heavy (non-hydrogen) atoms. The van der Waals surface area contributed by atoms with Crippen LogP contribution in [0, 0.1) is 6.92 Å². The van der Waals surface area contributed by atoms with Crippen molar-refractivity contribution < 1.29 is 13.9 Å². The van der Waals surface area contributed by atoms with Crippen LogP contribution in [0.5, 0.6) is 5.75 Å². The van der Waals surface area contributed by atoms with Crippen molar-refractivity contribution in [2.75, 3.05) is 13.7 Å². The molecule has 0 bridgehead atoms. The Morgan fingerprint density at radius 1 is 1.41 bits per heavy atom. The molecule has 0 fully saturated rings. The average Bonchev–Trinajstić information content (AvgIpc) is 2.78. The fraction of sp³-hybridized carbons (Fsp3) is 0.435. The van der Waals surface area contributed by atoms with Gasteiger partial charge in [0, 0.05) is 18.3 Å². The monoisotopic (exact) mass is 418 g/mol. The lowest BCUT2D eigenvalue weighted by molar-refractivity contribution is -0.113. The summed E-state index contributed by atoms with van der Waals surface area (Å²) in [4.78, 5) is 12.3. The number of aryl methyl sites for hydroxylation is 1. The van der Waals surface area contributed by atoms with Gasteiger partial charge in [0.05, 0.1) is 6.04 Å². The smallest absolute Gasteiger partial charge is 0.160 e. The molecule has 1 aliphatic rings. The van der Waals surface area contributed by atoms with Crippen molar-refractivity contribution in [2.24, 2.45) is 0 Å². The Kier molecular flexibility index (Phi) is 8.18. The standard InChI is InChI=1S/C23H32FN2O2P/c1-15-7-6-8-20(25-5)19(22(15)17(3)27)13-26-12-18-9-10-21(16(2)11-18)28-14-23(4,24)29/h6,8-11,13,20,25-26H,7,12,14,29H2,1-5H3/b19-13+. The summed E-state index contributed by atoms with van der Waals surface area (Å²) in [5.74, 6) is 0.755. The van der Waals surface area contributed by atoms with E-state index in [-0.39, 0.29) is 18.4 Å². The lowest BCUT2D eigenvalue weighted by Gasteiger charge is -2.19. The third-order valence-corrected chi connectivity index (χ3v) is 4.95. The summed E-state index contributed by atoms with van der Waals surface area (Å²) >= 11 is 0. The molecule has 1 aromatic rings. The maximum absolute atomic E-state index is 13.6. The Hall–Kier alpha value is -1.97. The van der Waals surface area contributed by atoms with E-state index in [1.807, 2.05) is 45.3 Å². The number of ketones is 1. The largest absolute Gasteiger partial charge is 0.490 e.